The predicted molar refractivity (Wildman–Crippen MR) is 148 cm³/mol. The summed E-state index contributed by atoms with van der Waals surface area (Å²) < 4.78 is 99.2. The van der Waals surface area contributed by atoms with Crippen molar-refractivity contribution in [1.82, 2.24) is 14.8 Å². The molecule has 4 rings (SSSR count). The number of carbonyl (C=O) groups excluding carboxylic acids is 2. The number of rotatable bonds is 11. The van der Waals surface area contributed by atoms with Crippen LogP contribution in [0.4, 0.5) is 30.7 Å². The molecule has 4 aromatic rings. The Kier molecular flexibility index (Phi) is 9.98. The highest BCUT2D eigenvalue weighted by molar-refractivity contribution is 5.97. The molecule has 44 heavy (non-hydrogen) atoms. The maximum Gasteiger partial charge on any atom is 0.416 e. The fourth-order valence-corrected chi connectivity index (χ4v) is 4.67. The molecular weight excluding hydrogens is 595 g/mol. The van der Waals surface area contributed by atoms with Crippen LogP contribution in [0.1, 0.15) is 32.6 Å². The molecule has 0 bridgehead atoms. The van der Waals surface area contributed by atoms with E-state index in [1.165, 1.54) is 36.3 Å². The van der Waals surface area contributed by atoms with E-state index in [0.717, 1.165) is 21.4 Å². The number of ether oxygens (including phenoxy) is 1. The van der Waals surface area contributed by atoms with Gasteiger partial charge in [-0.2, -0.15) is 26.3 Å². The minimum Gasteiger partial charge on any atom is -0.383 e. The zero-order valence-electron chi connectivity index (χ0n) is 23.4. The van der Waals surface area contributed by atoms with Crippen LogP contribution in [0.5, 0.6) is 0 Å². The van der Waals surface area contributed by atoms with Crippen LogP contribution in [0.2, 0.25) is 0 Å². The highest BCUT2D eigenvalue weighted by Crippen LogP contribution is 2.36. The molecule has 1 aromatic heterocycles. The van der Waals surface area contributed by atoms with Gasteiger partial charge >= 0.3 is 12.4 Å². The average molecular weight is 624 g/mol. The monoisotopic (exact) mass is 623 g/mol. The number of aromatic nitrogens is 1. The number of hydrogen-bond donors (Lipinski definition) is 1. The Balaban J connectivity index is 1.62. The van der Waals surface area contributed by atoms with Gasteiger partial charge in [0.25, 0.3) is 5.91 Å². The van der Waals surface area contributed by atoms with E-state index in [4.69, 9.17) is 4.74 Å². The summed E-state index contributed by atoms with van der Waals surface area (Å²) in [5, 5.41) is 0.934. The molecular formula is C31H28F7N3O3. The molecule has 0 unspecified atom stereocenters. The first-order chi connectivity index (χ1) is 20.8. The number of nitrogens with one attached hydrogen (secondary N) is 1. The van der Waals surface area contributed by atoms with E-state index < -0.39 is 53.2 Å². The van der Waals surface area contributed by atoms with E-state index in [2.05, 4.69) is 4.98 Å². The molecule has 0 fully saturated rings. The smallest absolute Gasteiger partial charge is 0.383 e. The largest absolute Gasteiger partial charge is 0.416 e. The van der Waals surface area contributed by atoms with Gasteiger partial charge in [-0.05, 0) is 53.9 Å². The van der Waals surface area contributed by atoms with E-state index in [1.807, 2.05) is 24.3 Å². The first-order valence-corrected chi connectivity index (χ1v) is 13.4. The number of H-pyrrole nitrogens is 1. The van der Waals surface area contributed by atoms with Gasteiger partial charge in [-0.15, -0.1) is 0 Å². The molecule has 6 nitrogen and oxygen atoms in total. The number of nitrogens with zero attached hydrogens (tertiary/aromatic N) is 2. The number of amides is 2. The van der Waals surface area contributed by atoms with Crippen LogP contribution in [-0.4, -0.2) is 59.9 Å². The number of para-hydroxylation sites is 1. The number of aromatic amines is 1. The van der Waals surface area contributed by atoms with Crippen molar-refractivity contribution in [2.24, 2.45) is 0 Å². The number of carbonyl (C=O) groups is 2. The molecule has 1 heterocycles. The van der Waals surface area contributed by atoms with Crippen LogP contribution < -0.4 is 0 Å². The molecule has 0 aliphatic heterocycles. The summed E-state index contributed by atoms with van der Waals surface area (Å²) in [6.45, 7) is -0.931. The summed E-state index contributed by atoms with van der Waals surface area (Å²) in [6, 6.07) is 13.5. The summed E-state index contributed by atoms with van der Waals surface area (Å²) in [5.41, 5.74) is -1.82. The molecule has 0 saturated heterocycles. The molecule has 2 amide bonds. The van der Waals surface area contributed by atoms with Crippen LogP contribution in [0, 0.1) is 5.82 Å². The Morgan fingerprint density at radius 3 is 2.09 bits per heavy atom. The van der Waals surface area contributed by atoms with Crippen molar-refractivity contribution in [3.8, 4) is 0 Å². The van der Waals surface area contributed by atoms with Gasteiger partial charge < -0.3 is 19.5 Å². The number of hydrogen-bond acceptors (Lipinski definition) is 3. The number of methoxy groups -OCH3 is 1. The second kappa shape index (κ2) is 13.5. The van der Waals surface area contributed by atoms with E-state index in [9.17, 15) is 40.3 Å². The van der Waals surface area contributed by atoms with Crippen molar-refractivity contribution in [3.63, 3.8) is 0 Å². The minimum absolute atomic E-state index is 0.00948. The average Bonchev–Trinajstić information content (AvgIpc) is 3.39. The summed E-state index contributed by atoms with van der Waals surface area (Å²) in [6.07, 6.45) is -8.13. The standard InChI is InChI=1S/C31H28F7N3O3/c1-44-13-12-41(29(43)22-14-23(30(33,34)35)16-24(15-22)31(36,37)38)19-28(42)40(18-20-6-8-25(32)9-7-20)11-10-21-17-39-27-5-3-2-4-26(21)27/h2-9,14-17,39H,10-13,18-19H2,1H3. The van der Waals surface area contributed by atoms with Crippen molar-refractivity contribution in [2.45, 2.75) is 25.3 Å². The van der Waals surface area contributed by atoms with Gasteiger partial charge in [-0.1, -0.05) is 30.3 Å². The molecule has 1 N–H and O–H groups in total. The first kappa shape index (κ1) is 32.5. The Labute approximate surface area is 248 Å². The van der Waals surface area contributed by atoms with E-state index >= 15 is 0 Å². The van der Waals surface area contributed by atoms with Crippen LogP contribution in [0.3, 0.4) is 0 Å². The fraction of sp³-hybridized carbons (Fsp3) is 0.290. The SMILES string of the molecule is COCCN(CC(=O)N(CCc1c[nH]c2ccccc12)Cc1ccc(F)cc1)C(=O)c1cc(C(F)(F)F)cc(C(F)(F)F)c1. The van der Waals surface area contributed by atoms with Gasteiger partial charge in [-0.3, -0.25) is 9.59 Å². The molecule has 13 heteroatoms. The molecule has 0 aliphatic rings. The van der Waals surface area contributed by atoms with Gasteiger partial charge in [0.2, 0.25) is 5.91 Å². The lowest BCUT2D eigenvalue weighted by Crippen LogP contribution is -2.44. The summed E-state index contributed by atoms with van der Waals surface area (Å²) in [5.74, 6) is -2.31. The normalized spacial score (nSPS) is 12.0. The predicted octanol–water partition coefficient (Wildman–Crippen LogP) is 6.70. The van der Waals surface area contributed by atoms with Crippen LogP contribution in [0.15, 0.2) is 72.9 Å². The van der Waals surface area contributed by atoms with Crippen molar-refractivity contribution in [1.29, 1.82) is 0 Å². The maximum atomic E-state index is 13.6. The third-order valence-corrected chi connectivity index (χ3v) is 6.98. The van der Waals surface area contributed by atoms with Gasteiger partial charge in [0.05, 0.1) is 17.7 Å². The molecule has 0 atom stereocenters. The molecule has 3 aromatic carbocycles. The van der Waals surface area contributed by atoms with Crippen molar-refractivity contribution in [2.75, 3.05) is 33.4 Å². The fourth-order valence-electron chi connectivity index (χ4n) is 4.67. The van der Waals surface area contributed by atoms with Crippen molar-refractivity contribution >= 4 is 22.7 Å². The Hall–Kier alpha value is -4.39. The highest BCUT2D eigenvalue weighted by atomic mass is 19.4. The van der Waals surface area contributed by atoms with Crippen LogP contribution in [-0.2, 0) is 34.8 Å². The third-order valence-electron chi connectivity index (χ3n) is 6.98. The zero-order valence-corrected chi connectivity index (χ0v) is 23.4. The van der Waals surface area contributed by atoms with Crippen molar-refractivity contribution in [3.05, 3.63) is 107 Å². The van der Waals surface area contributed by atoms with Gasteiger partial charge in [0.1, 0.15) is 12.4 Å². The Morgan fingerprint density at radius 2 is 1.48 bits per heavy atom. The van der Waals surface area contributed by atoms with E-state index in [1.54, 1.807) is 6.20 Å². The molecule has 0 aliphatic carbocycles. The third kappa shape index (κ3) is 8.16. The van der Waals surface area contributed by atoms with E-state index in [-0.39, 0.29) is 32.3 Å². The Morgan fingerprint density at radius 1 is 0.841 bits per heavy atom. The Bertz CT molecular complexity index is 1570. The topological polar surface area (TPSA) is 65.6 Å². The number of alkyl halides is 6. The van der Waals surface area contributed by atoms with Gasteiger partial charge in [0, 0.05) is 49.4 Å². The van der Waals surface area contributed by atoms with Gasteiger partial charge in [0.15, 0.2) is 0 Å². The quantitative estimate of drug-likeness (QED) is 0.189. The van der Waals surface area contributed by atoms with Crippen LogP contribution >= 0.6 is 0 Å². The van der Waals surface area contributed by atoms with Crippen molar-refractivity contribution < 1.29 is 45.1 Å². The molecule has 234 valence electrons. The highest BCUT2D eigenvalue weighted by Gasteiger charge is 2.38. The molecule has 0 radical (unpaired) electrons. The summed E-state index contributed by atoms with van der Waals surface area (Å²) >= 11 is 0. The van der Waals surface area contributed by atoms with Gasteiger partial charge in [-0.25, -0.2) is 4.39 Å². The lowest BCUT2D eigenvalue weighted by atomic mass is 10.0. The van der Waals surface area contributed by atoms with E-state index in [0.29, 0.717) is 24.1 Å². The maximum absolute atomic E-state index is 13.6. The second-order valence-corrected chi connectivity index (χ2v) is 10.1. The number of benzene rings is 3. The number of halogens is 7. The minimum atomic E-state index is -5.15. The molecule has 0 saturated carbocycles. The van der Waals surface area contributed by atoms with Crippen LogP contribution in [0.25, 0.3) is 10.9 Å². The zero-order chi connectivity index (χ0) is 32.1. The summed E-state index contributed by atoms with van der Waals surface area (Å²) in [4.78, 5) is 32.4. The lowest BCUT2D eigenvalue weighted by molar-refractivity contribution is -0.143. The summed E-state index contributed by atoms with van der Waals surface area (Å²) in [7, 11) is 1.29. The first-order valence-electron chi connectivity index (χ1n) is 13.4. The second-order valence-electron chi connectivity index (χ2n) is 10.1. The lowest BCUT2D eigenvalue weighted by Gasteiger charge is -2.28. The molecule has 0 spiro atoms. The number of fused-ring (bicyclic) bond motifs is 1.